The number of piperazine rings is 1. The number of phenols is 1. The van der Waals surface area contributed by atoms with E-state index >= 15 is 0 Å². The van der Waals surface area contributed by atoms with Crippen LogP contribution in [0.1, 0.15) is 30.5 Å². The van der Waals surface area contributed by atoms with Gasteiger partial charge in [-0.3, -0.25) is 4.90 Å². The average molecular weight is 252 g/mol. The van der Waals surface area contributed by atoms with Crippen LogP contribution in [0, 0.1) is 12.7 Å². The fourth-order valence-electron chi connectivity index (χ4n) is 2.68. The van der Waals surface area contributed by atoms with Crippen molar-refractivity contribution in [2.75, 3.05) is 26.2 Å². The molecule has 3 nitrogen and oxygen atoms in total. The lowest BCUT2D eigenvalue weighted by Crippen LogP contribution is -2.45. The van der Waals surface area contributed by atoms with Crippen LogP contribution >= 0.6 is 0 Å². The molecule has 1 saturated heterocycles. The summed E-state index contributed by atoms with van der Waals surface area (Å²) >= 11 is 0. The smallest absolute Gasteiger partial charge is 0.124 e. The lowest BCUT2D eigenvalue weighted by Gasteiger charge is -2.35. The molecule has 1 aliphatic heterocycles. The zero-order chi connectivity index (χ0) is 13.1. The molecule has 1 atom stereocenters. The number of aryl methyl sites for hydroxylation is 1. The van der Waals surface area contributed by atoms with Crippen LogP contribution in [-0.2, 0) is 0 Å². The molecule has 1 aliphatic rings. The Hall–Kier alpha value is -1.13. The summed E-state index contributed by atoms with van der Waals surface area (Å²) in [7, 11) is 0. The normalized spacial score (nSPS) is 18.8. The number of rotatable bonds is 3. The van der Waals surface area contributed by atoms with Crippen molar-refractivity contribution < 1.29 is 9.50 Å². The first-order valence-corrected chi connectivity index (χ1v) is 6.57. The van der Waals surface area contributed by atoms with E-state index in [1.807, 2.05) is 0 Å². The topological polar surface area (TPSA) is 35.5 Å². The van der Waals surface area contributed by atoms with Gasteiger partial charge in [0, 0.05) is 37.8 Å². The molecule has 100 valence electrons. The zero-order valence-electron chi connectivity index (χ0n) is 11.0. The second-order valence-electron chi connectivity index (χ2n) is 4.87. The lowest BCUT2D eigenvalue weighted by atomic mass is 9.98. The van der Waals surface area contributed by atoms with Gasteiger partial charge in [0.25, 0.3) is 0 Å². The van der Waals surface area contributed by atoms with Crippen LogP contribution in [0.15, 0.2) is 12.1 Å². The SMILES string of the molecule is CC[C@H](c1cc(F)cc(C)c1O)N1CCNCC1. The molecule has 2 N–H and O–H groups in total. The molecule has 1 fully saturated rings. The van der Waals surface area contributed by atoms with Crippen LogP contribution in [0.3, 0.4) is 0 Å². The van der Waals surface area contributed by atoms with Crippen molar-refractivity contribution >= 4 is 0 Å². The van der Waals surface area contributed by atoms with Crippen LogP contribution in [0.4, 0.5) is 4.39 Å². The minimum absolute atomic E-state index is 0.0986. The van der Waals surface area contributed by atoms with Gasteiger partial charge in [0.1, 0.15) is 11.6 Å². The molecule has 0 radical (unpaired) electrons. The van der Waals surface area contributed by atoms with Gasteiger partial charge in [-0.1, -0.05) is 6.92 Å². The maximum absolute atomic E-state index is 13.5. The predicted molar refractivity (Wildman–Crippen MR) is 70.3 cm³/mol. The third-order valence-corrected chi connectivity index (χ3v) is 3.63. The van der Waals surface area contributed by atoms with Gasteiger partial charge in [-0.2, -0.15) is 0 Å². The van der Waals surface area contributed by atoms with E-state index < -0.39 is 0 Å². The second kappa shape index (κ2) is 5.67. The molecular formula is C14H21FN2O. The Balaban J connectivity index is 2.31. The summed E-state index contributed by atoms with van der Waals surface area (Å²) in [5, 5.41) is 13.4. The van der Waals surface area contributed by atoms with Crippen molar-refractivity contribution in [3.05, 3.63) is 29.1 Å². The Kier molecular flexibility index (Phi) is 4.19. The summed E-state index contributed by atoms with van der Waals surface area (Å²) in [6.07, 6.45) is 0.871. The molecule has 1 heterocycles. The van der Waals surface area contributed by atoms with Gasteiger partial charge >= 0.3 is 0 Å². The van der Waals surface area contributed by atoms with E-state index in [0.717, 1.165) is 38.2 Å². The molecule has 2 rings (SSSR count). The minimum Gasteiger partial charge on any atom is -0.507 e. The van der Waals surface area contributed by atoms with E-state index in [2.05, 4.69) is 17.1 Å². The van der Waals surface area contributed by atoms with E-state index in [9.17, 15) is 9.50 Å². The van der Waals surface area contributed by atoms with Crippen LogP contribution < -0.4 is 5.32 Å². The summed E-state index contributed by atoms with van der Waals surface area (Å²) in [6.45, 7) is 7.59. The molecule has 18 heavy (non-hydrogen) atoms. The standard InChI is InChI=1S/C14H21FN2O/c1-3-13(17-6-4-16-5-7-17)12-9-11(15)8-10(2)14(12)18/h8-9,13,16,18H,3-7H2,1-2H3/t13-/m1/s1. The van der Waals surface area contributed by atoms with E-state index in [1.165, 1.54) is 12.1 Å². The number of hydrogen-bond donors (Lipinski definition) is 2. The number of nitrogens with one attached hydrogen (secondary N) is 1. The molecule has 0 spiro atoms. The van der Waals surface area contributed by atoms with Gasteiger partial charge < -0.3 is 10.4 Å². The Morgan fingerprint density at radius 3 is 2.67 bits per heavy atom. The summed E-state index contributed by atoms with van der Waals surface area (Å²) < 4.78 is 13.5. The Morgan fingerprint density at radius 2 is 2.06 bits per heavy atom. The quantitative estimate of drug-likeness (QED) is 0.865. The molecule has 1 aromatic carbocycles. The zero-order valence-corrected chi connectivity index (χ0v) is 11.0. The lowest BCUT2D eigenvalue weighted by molar-refractivity contribution is 0.166. The van der Waals surface area contributed by atoms with Crippen LogP contribution in [0.2, 0.25) is 0 Å². The van der Waals surface area contributed by atoms with Crippen molar-refractivity contribution in [2.45, 2.75) is 26.3 Å². The first-order chi connectivity index (χ1) is 8.63. The van der Waals surface area contributed by atoms with Crippen molar-refractivity contribution in [3.63, 3.8) is 0 Å². The largest absolute Gasteiger partial charge is 0.507 e. The monoisotopic (exact) mass is 252 g/mol. The van der Waals surface area contributed by atoms with Crippen LogP contribution in [0.5, 0.6) is 5.75 Å². The second-order valence-corrected chi connectivity index (χ2v) is 4.87. The highest BCUT2D eigenvalue weighted by Crippen LogP contribution is 2.34. The van der Waals surface area contributed by atoms with E-state index in [1.54, 1.807) is 6.92 Å². The fraction of sp³-hybridized carbons (Fsp3) is 0.571. The Morgan fingerprint density at radius 1 is 1.39 bits per heavy atom. The van der Waals surface area contributed by atoms with Gasteiger partial charge in [0.2, 0.25) is 0 Å². The van der Waals surface area contributed by atoms with E-state index in [4.69, 9.17) is 0 Å². The predicted octanol–water partition coefficient (Wildman–Crippen LogP) is 2.20. The summed E-state index contributed by atoms with van der Waals surface area (Å²) in [6, 6.07) is 2.95. The van der Waals surface area contributed by atoms with E-state index in [0.29, 0.717) is 5.56 Å². The highest BCUT2D eigenvalue weighted by Gasteiger charge is 2.24. The molecular weight excluding hydrogens is 231 g/mol. The average Bonchev–Trinajstić information content (AvgIpc) is 2.37. The summed E-state index contributed by atoms with van der Waals surface area (Å²) in [5.74, 6) is -0.0318. The molecule has 0 unspecified atom stereocenters. The number of aromatic hydroxyl groups is 1. The number of halogens is 1. The third kappa shape index (κ3) is 2.65. The van der Waals surface area contributed by atoms with Crippen molar-refractivity contribution in [1.82, 2.24) is 10.2 Å². The van der Waals surface area contributed by atoms with Gasteiger partial charge in [-0.25, -0.2) is 4.39 Å². The Labute approximate surface area is 108 Å². The van der Waals surface area contributed by atoms with Crippen molar-refractivity contribution in [3.8, 4) is 5.75 Å². The van der Waals surface area contributed by atoms with E-state index in [-0.39, 0.29) is 17.6 Å². The van der Waals surface area contributed by atoms with Gasteiger partial charge in [-0.15, -0.1) is 0 Å². The molecule has 0 amide bonds. The molecule has 0 aliphatic carbocycles. The van der Waals surface area contributed by atoms with Gasteiger partial charge in [0.15, 0.2) is 0 Å². The number of phenolic OH excluding ortho intramolecular Hbond substituents is 1. The summed E-state index contributed by atoms with van der Waals surface area (Å²) in [5.41, 5.74) is 1.33. The first-order valence-electron chi connectivity index (χ1n) is 6.57. The van der Waals surface area contributed by atoms with Gasteiger partial charge in [-0.05, 0) is 31.0 Å². The summed E-state index contributed by atoms with van der Waals surface area (Å²) in [4.78, 5) is 2.31. The van der Waals surface area contributed by atoms with Gasteiger partial charge in [0.05, 0.1) is 0 Å². The van der Waals surface area contributed by atoms with Crippen LogP contribution in [-0.4, -0.2) is 36.2 Å². The Bertz CT molecular complexity index is 417. The molecule has 1 aromatic rings. The van der Waals surface area contributed by atoms with Crippen molar-refractivity contribution in [2.24, 2.45) is 0 Å². The molecule has 0 aromatic heterocycles. The number of nitrogens with zero attached hydrogens (tertiary/aromatic N) is 1. The number of benzene rings is 1. The molecule has 0 saturated carbocycles. The maximum Gasteiger partial charge on any atom is 0.124 e. The van der Waals surface area contributed by atoms with Crippen molar-refractivity contribution in [1.29, 1.82) is 0 Å². The van der Waals surface area contributed by atoms with Crippen LogP contribution in [0.25, 0.3) is 0 Å². The molecule has 4 heteroatoms. The first kappa shape index (κ1) is 13.3. The minimum atomic E-state index is -0.270. The third-order valence-electron chi connectivity index (χ3n) is 3.63. The highest BCUT2D eigenvalue weighted by atomic mass is 19.1. The number of hydrogen-bond acceptors (Lipinski definition) is 3. The molecule has 0 bridgehead atoms. The maximum atomic E-state index is 13.5. The fourth-order valence-corrected chi connectivity index (χ4v) is 2.68. The highest BCUT2D eigenvalue weighted by molar-refractivity contribution is 5.42.